The van der Waals surface area contributed by atoms with Crippen molar-refractivity contribution in [2.45, 2.75) is 12.4 Å². The summed E-state index contributed by atoms with van der Waals surface area (Å²) in [7, 11) is 0. The summed E-state index contributed by atoms with van der Waals surface area (Å²) in [6, 6.07) is 9.76. The molecule has 0 heterocycles. The van der Waals surface area contributed by atoms with Gasteiger partial charge in [0.1, 0.15) is 11.5 Å². The smallest absolute Gasteiger partial charge is 0.418 e. The van der Waals surface area contributed by atoms with Crippen LogP contribution in [-0.4, -0.2) is 11.9 Å². The number of nitrogens with two attached hydrogens (primary N) is 2. The first-order valence-electron chi connectivity index (χ1n) is 9.23. The highest BCUT2D eigenvalue weighted by Crippen LogP contribution is 2.36. The van der Waals surface area contributed by atoms with Crippen molar-refractivity contribution in [3.8, 4) is 11.5 Å². The molecule has 0 fully saturated rings. The van der Waals surface area contributed by atoms with Crippen molar-refractivity contribution >= 4 is 23.3 Å². The van der Waals surface area contributed by atoms with Crippen molar-refractivity contribution in [1.29, 1.82) is 0 Å². The van der Waals surface area contributed by atoms with Gasteiger partial charge in [0.25, 0.3) is 0 Å². The fraction of sp³-hybridized carbons (Fsp3) is 0.0909. The van der Waals surface area contributed by atoms with E-state index >= 15 is 0 Å². The average Bonchev–Trinajstić information content (AvgIpc) is 2.74. The molecule has 0 aliphatic carbocycles. The lowest BCUT2D eigenvalue weighted by molar-refractivity contribution is -0.137. The van der Waals surface area contributed by atoms with Crippen LogP contribution in [0.4, 0.5) is 37.7 Å². The molecule has 6 nitrogen and oxygen atoms in total. The summed E-state index contributed by atoms with van der Waals surface area (Å²) in [6.07, 6.45) is -9.56. The molecule has 0 spiro atoms. The summed E-state index contributed by atoms with van der Waals surface area (Å²) in [5.41, 5.74) is 6.39. The Morgan fingerprint density at radius 2 is 1.09 bits per heavy atom. The summed E-state index contributed by atoms with van der Waals surface area (Å²) in [6.45, 7) is 0. The van der Waals surface area contributed by atoms with Crippen LogP contribution < -0.4 is 20.9 Å². The van der Waals surface area contributed by atoms with Crippen molar-refractivity contribution < 1.29 is 45.4 Å². The first-order valence-corrected chi connectivity index (χ1v) is 9.23. The monoisotopic (exact) mass is 484 g/mol. The van der Waals surface area contributed by atoms with Crippen LogP contribution in [0.3, 0.4) is 0 Å². The number of halogens is 6. The Morgan fingerprint density at radius 3 is 1.65 bits per heavy atom. The van der Waals surface area contributed by atoms with Crippen molar-refractivity contribution in [3.05, 3.63) is 82.9 Å². The number of ether oxygens (including phenoxy) is 2. The van der Waals surface area contributed by atoms with Gasteiger partial charge in [0, 0.05) is 11.4 Å². The second-order valence-electron chi connectivity index (χ2n) is 6.85. The van der Waals surface area contributed by atoms with Gasteiger partial charge in [-0.1, -0.05) is 6.07 Å². The molecule has 0 aliphatic rings. The van der Waals surface area contributed by atoms with Crippen molar-refractivity contribution in [1.82, 2.24) is 0 Å². The zero-order valence-electron chi connectivity index (χ0n) is 16.8. The average molecular weight is 484 g/mol. The van der Waals surface area contributed by atoms with E-state index in [2.05, 4.69) is 0 Å². The van der Waals surface area contributed by atoms with Gasteiger partial charge in [-0.25, -0.2) is 9.59 Å². The number of alkyl halides is 6. The predicted molar refractivity (Wildman–Crippen MR) is 108 cm³/mol. The molecule has 0 aromatic heterocycles. The minimum Gasteiger partial charge on any atom is -0.423 e. The van der Waals surface area contributed by atoms with Gasteiger partial charge >= 0.3 is 24.3 Å². The van der Waals surface area contributed by atoms with Crippen LogP contribution in [0.5, 0.6) is 11.5 Å². The largest absolute Gasteiger partial charge is 0.423 e. The van der Waals surface area contributed by atoms with Gasteiger partial charge in [-0.3, -0.25) is 0 Å². The molecule has 3 aromatic carbocycles. The Kier molecular flexibility index (Phi) is 6.44. The van der Waals surface area contributed by atoms with Crippen LogP contribution in [0.25, 0.3) is 0 Å². The third-order valence-electron chi connectivity index (χ3n) is 4.42. The van der Waals surface area contributed by atoms with Crippen LogP contribution in [0, 0.1) is 0 Å². The second kappa shape index (κ2) is 8.96. The Balaban J connectivity index is 1.78. The van der Waals surface area contributed by atoms with E-state index in [9.17, 15) is 35.9 Å². The topological polar surface area (TPSA) is 105 Å². The Bertz CT molecular complexity index is 1250. The summed E-state index contributed by atoms with van der Waals surface area (Å²) in [4.78, 5) is 24.6. The van der Waals surface area contributed by atoms with E-state index in [1.54, 1.807) is 0 Å². The lowest BCUT2D eigenvalue weighted by Crippen LogP contribution is -2.14. The maximum atomic E-state index is 13.0. The summed E-state index contributed by atoms with van der Waals surface area (Å²) in [5, 5.41) is 0. The van der Waals surface area contributed by atoms with E-state index in [-0.39, 0.29) is 11.3 Å². The summed E-state index contributed by atoms with van der Waals surface area (Å²) < 4.78 is 87.9. The van der Waals surface area contributed by atoms with Crippen LogP contribution >= 0.6 is 0 Å². The minimum absolute atomic E-state index is 0.205. The van der Waals surface area contributed by atoms with E-state index in [0.717, 1.165) is 30.3 Å². The van der Waals surface area contributed by atoms with E-state index in [1.165, 1.54) is 18.2 Å². The molecule has 0 atom stereocenters. The van der Waals surface area contributed by atoms with Gasteiger partial charge in [-0.15, -0.1) is 0 Å². The minimum atomic E-state index is -4.79. The van der Waals surface area contributed by atoms with Crippen LogP contribution in [0.1, 0.15) is 31.8 Å². The SMILES string of the molecule is Nc1ccc(OC(=O)c2cccc(OC(=O)c3ccc(N)c(C(F)(F)F)c3)c2)cc1C(F)(F)F. The standard InChI is InChI=1S/C22H14F6N2O4/c23-21(24,25)15-9-12(4-6-17(15)29)20(32)33-13-3-1-2-11(8-13)19(31)34-14-5-7-18(30)16(10-14)22(26,27)28/h1-10H,29-30H2. The third-order valence-corrected chi connectivity index (χ3v) is 4.42. The summed E-state index contributed by atoms with van der Waals surface area (Å²) in [5.74, 6) is -2.90. The van der Waals surface area contributed by atoms with Crippen molar-refractivity contribution in [3.63, 3.8) is 0 Å². The molecule has 34 heavy (non-hydrogen) atoms. The molecule has 0 unspecified atom stereocenters. The number of anilines is 2. The molecular weight excluding hydrogens is 470 g/mol. The van der Waals surface area contributed by atoms with Crippen molar-refractivity contribution in [2.24, 2.45) is 0 Å². The molecular formula is C22H14F6N2O4. The number of rotatable bonds is 4. The number of nitrogen functional groups attached to an aromatic ring is 2. The molecule has 0 amide bonds. The van der Waals surface area contributed by atoms with Gasteiger partial charge in [0.15, 0.2) is 0 Å². The summed E-state index contributed by atoms with van der Waals surface area (Å²) >= 11 is 0. The number of hydrogen-bond donors (Lipinski definition) is 2. The second-order valence-corrected chi connectivity index (χ2v) is 6.85. The predicted octanol–water partition coefficient (Wildman–Crippen LogP) is 5.33. The molecule has 4 N–H and O–H groups in total. The fourth-order valence-electron chi connectivity index (χ4n) is 2.79. The molecule has 0 radical (unpaired) electrons. The van der Waals surface area contributed by atoms with Crippen LogP contribution in [0.2, 0.25) is 0 Å². The molecule has 178 valence electrons. The Labute approximate surface area is 187 Å². The molecule has 0 saturated heterocycles. The van der Waals surface area contributed by atoms with Gasteiger partial charge in [0.2, 0.25) is 0 Å². The third kappa shape index (κ3) is 5.57. The molecule has 0 saturated carbocycles. The molecule has 12 heteroatoms. The van der Waals surface area contributed by atoms with E-state index < -0.39 is 58.1 Å². The number of carbonyl (C=O) groups excluding carboxylic acids is 2. The lowest BCUT2D eigenvalue weighted by Gasteiger charge is -2.12. The van der Waals surface area contributed by atoms with Crippen LogP contribution in [-0.2, 0) is 12.4 Å². The fourth-order valence-corrected chi connectivity index (χ4v) is 2.79. The first-order chi connectivity index (χ1) is 15.8. The van der Waals surface area contributed by atoms with E-state index in [4.69, 9.17) is 20.9 Å². The van der Waals surface area contributed by atoms with Crippen LogP contribution in [0.15, 0.2) is 60.7 Å². The number of carbonyl (C=O) groups is 2. The Hall–Kier alpha value is -4.22. The normalized spacial score (nSPS) is 11.7. The molecule has 3 aromatic rings. The highest BCUT2D eigenvalue weighted by atomic mass is 19.4. The highest BCUT2D eigenvalue weighted by molar-refractivity contribution is 5.94. The molecule has 0 aliphatic heterocycles. The number of hydrogen-bond acceptors (Lipinski definition) is 6. The highest BCUT2D eigenvalue weighted by Gasteiger charge is 2.34. The molecule has 3 rings (SSSR count). The maximum absolute atomic E-state index is 13.0. The van der Waals surface area contributed by atoms with Gasteiger partial charge < -0.3 is 20.9 Å². The van der Waals surface area contributed by atoms with Gasteiger partial charge in [-0.05, 0) is 54.6 Å². The van der Waals surface area contributed by atoms with E-state index in [1.807, 2.05) is 0 Å². The first kappa shape index (κ1) is 24.4. The maximum Gasteiger partial charge on any atom is 0.418 e. The lowest BCUT2D eigenvalue weighted by atomic mass is 10.1. The number of esters is 2. The zero-order valence-corrected chi connectivity index (χ0v) is 16.8. The van der Waals surface area contributed by atoms with E-state index in [0.29, 0.717) is 12.1 Å². The molecule has 0 bridgehead atoms. The quantitative estimate of drug-likeness (QED) is 0.225. The van der Waals surface area contributed by atoms with Gasteiger partial charge in [0.05, 0.1) is 22.3 Å². The van der Waals surface area contributed by atoms with Gasteiger partial charge in [-0.2, -0.15) is 26.3 Å². The zero-order chi connectivity index (χ0) is 25.3. The Morgan fingerprint density at radius 1 is 0.618 bits per heavy atom. The number of benzene rings is 3. The van der Waals surface area contributed by atoms with Crippen molar-refractivity contribution in [2.75, 3.05) is 11.5 Å².